The van der Waals surface area contributed by atoms with Gasteiger partial charge in [0.1, 0.15) is 5.69 Å². The average molecular weight is 334 g/mol. The lowest BCUT2D eigenvalue weighted by molar-refractivity contribution is 0.0928. The Morgan fingerprint density at radius 1 is 1.22 bits per heavy atom. The van der Waals surface area contributed by atoms with Crippen molar-refractivity contribution in [2.24, 2.45) is 0 Å². The number of aryl methyl sites for hydroxylation is 1. The monoisotopic (exact) mass is 333 g/mol. The number of nitrogens with one attached hydrogen (secondary N) is 1. The van der Waals surface area contributed by atoms with Crippen molar-refractivity contribution in [1.82, 2.24) is 15.1 Å². The van der Waals surface area contributed by atoms with Crippen molar-refractivity contribution in [2.45, 2.75) is 39.3 Å². The third kappa shape index (κ3) is 4.42. The topological polar surface area (TPSA) is 64.0 Å². The van der Waals surface area contributed by atoms with Gasteiger partial charge in [-0.05, 0) is 36.6 Å². The second-order valence-electron chi connectivity index (χ2n) is 5.27. The zero-order chi connectivity index (χ0) is 16.8. The van der Waals surface area contributed by atoms with Crippen LogP contribution in [0.25, 0.3) is 0 Å². The van der Waals surface area contributed by atoms with Gasteiger partial charge >= 0.3 is 0 Å². The maximum absolute atomic E-state index is 12.4. The summed E-state index contributed by atoms with van der Waals surface area (Å²) in [4.78, 5) is 24.1. The lowest BCUT2D eigenvalue weighted by Crippen LogP contribution is -2.32. The smallest absolute Gasteiger partial charge is 0.272 e. The minimum absolute atomic E-state index is 0.131. The highest BCUT2D eigenvalue weighted by molar-refractivity contribution is 6.30. The predicted molar refractivity (Wildman–Crippen MR) is 90.7 cm³/mol. The summed E-state index contributed by atoms with van der Waals surface area (Å²) in [7, 11) is 0. The number of amides is 1. The van der Waals surface area contributed by atoms with E-state index in [0.29, 0.717) is 11.6 Å². The third-order valence-electron chi connectivity index (χ3n) is 3.52. The molecule has 2 rings (SSSR count). The SMILES string of the molecule is CCCn1nc(C(=O)NC(CC)c2ccc(Cl)cc2)ccc1=O. The molecular weight excluding hydrogens is 314 g/mol. The van der Waals surface area contributed by atoms with Crippen LogP contribution in [0.2, 0.25) is 5.02 Å². The van der Waals surface area contributed by atoms with Gasteiger partial charge in [-0.2, -0.15) is 5.10 Å². The number of rotatable bonds is 6. The van der Waals surface area contributed by atoms with Gasteiger partial charge in [-0.25, -0.2) is 4.68 Å². The molecule has 0 aliphatic carbocycles. The van der Waals surface area contributed by atoms with Crippen LogP contribution in [0, 0.1) is 0 Å². The van der Waals surface area contributed by atoms with Gasteiger partial charge in [0.2, 0.25) is 0 Å². The molecule has 5 nitrogen and oxygen atoms in total. The van der Waals surface area contributed by atoms with E-state index in [9.17, 15) is 9.59 Å². The largest absolute Gasteiger partial charge is 0.344 e. The van der Waals surface area contributed by atoms with E-state index in [1.165, 1.54) is 16.8 Å². The highest BCUT2D eigenvalue weighted by atomic mass is 35.5. The van der Waals surface area contributed by atoms with Crippen LogP contribution in [-0.4, -0.2) is 15.7 Å². The second kappa shape index (κ2) is 7.92. The molecular formula is C17H20ClN3O2. The van der Waals surface area contributed by atoms with E-state index < -0.39 is 0 Å². The molecule has 1 atom stereocenters. The molecule has 1 amide bonds. The molecule has 1 aromatic heterocycles. The zero-order valence-corrected chi connectivity index (χ0v) is 14.0. The molecule has 1 unspecified atom stereocenters. The first-order valence-corrected chi connectivity index (χ1v) is 8.07. The molecule has 0 bridgehead atoms. The molecule has 0 fully saturated rings. The number of nitrogens with zero attached hydrogens (tertiary/aromatic N) is 2. The molecule has 122 valence electrons. The van der Waals surface area contributed by atoms with Crippen LogP contribution < -0.4 is 10.9 Å². The van der Waals surface area contributed by atoms with E-state index in [1.807, 2.05) is 26.0 Å². The van der Waals surface area contributed by atoms with Gasteiger partial charge in [-0.3, -0.25) is 9.59 Å². The van der Waals surface area contributed by atoms with E-state index in [4.69, 9.17) is 11.6 Å². The van der Waals surface area contributed by atoms with Crippen molar-refractivity contribution in [2.75, 3.05) is 0 Å². The lowest BCUT2D eigenvalue weighted by atomic mass is 10.0. The molecule has 1 N–H and O–H groups in total. The number of hydrogen-bond acceptors (Lipinski definition) is 3. The van der Waals surface area contributed by atoms with Gasteiger partial charge in [0.05, 0.1) is 6.04 Å². The van der Waals surface area contributed by atoms with Crippen molar-refractivity contribution >= 4 is 17.5 Å². The Bertz CT molecular complexity index is 725. The quantitative estimate of drug-likeness (QED) is 0.883. The molecule has 0 saturated heterocycles. The number of carbonyl (C=O) groups excluding carboxylic acids is 1. The van der Waals surface area contributed by atoms with Gasteiger partial charge in [0.15, 0.2) is 0 Å². The Kier molecular flexibility index (Phi) is 5.93. The Labute approximate surface area is 140 Å². The molecule has 0 aliphatic heterocycles. The number of aromatic nitrogens is 2. The highest BCUT2D eigenvalue weighted by Crippen LogP contribution is 2.19. The van der Waals surface area contributed by atoms with Gasteiger partial charge < -0.3 is 5.32 Å². The van der Waals surface area contributed by atoms with Crippen LogP contribution in [0.5, 0.6) is 0 Å². The standard InChI is InChI=1S/C17H20ClN3O2/c1-3-11-21-16(22)10-9-15(20-21)17(23)19-14(4-2)12-5-7-13(18)8-6-12/h5-10,14H,3-4,11H2,1-2H3,(H,19,23). The molecule has 2 aromatic rings. The predicted octanol–water partition coefficient (Wildman–Crippen LogP) is 3.19. The van der Waals surface area contributed by atoms with Crippen molar-refractivity contribution in [3.05, 3.63) is 63.0 Å². The van der Waals surface area contributed by atoms with Crippen LogP contribution in [0.1, 0.15) is 48.8 Å². The minimum Gasteiger partial charge on any atom is -0.344 e. The molecule has 23 heavy (non-hydrogen) atoms. The lowest BCUT2D eigenvalue weighted by Gasteiger charge is -2.17. The maximum atomic E-state index is 12.4. The third-order valence-corrected chi connectivity index (χ3v) is 3.77. The summed E-state index contributed by atoms with van der Waals surface area (Å²) >= 11 is 5.89. The minimum atomic E-state index is -0.295. The first kappa shape index (κ1) is 17.2. The summed E-state index contributed by atoms with van der Waals surface area (Å²) in [6.07, 6.45) is 1.52. The molecule has 0 saturated carbocycles. The fraction of sp³-hybridized carbons (Fsp3) is 0.353. The van der Waals surface area contributed by atoms with Crippen LogP contribution in [0.3, 0.4) is 0 Å². The Morgan fingerprint density at radius 2 is 1.91 bits per heavy atom. The molecule has 6 heteroatoms. The van der Waals surface area contributed by atoms with E-state index in [0.717, 1.165) is 18.4 Å². The van der Waals surface area contributed by atoms with Gasteiger partial charge in [-0.15, -0.1) is 0 Å². The summed E-state index contributed by atoms with van der Waals surface area (Å²) in [6.45, 7) is 4.44. The first-order valence-electron chi connectivity index (χ1n) is 7.69. The average Bonchev–Trinajstić information content (AvgIpc) is 2.55. The summed E-state index contributed by atoms with van der Waals surface area (Å²) in [5.74, 6) is -0.295. The van der Waals surface area contributed by atoms with E-state index in [2.05, 4.69) is 10.4 Å². The summed E-state index contributed by atoms with van der Waals surface area (Å²) in [5, 5.41) is 7.73. The van der Waals surface area contributed by atoms with E-state index in [1.54, 1.807) is 12.1 Å². The van der Waals surface area contributed by atoms with Gasteiger partial charge in [-0.1, -0.05) is 37.6 Å². The summed E-state index contributed by atoms with van der Waals surface area (Å²) < 4.78 is 1.32. The van der Waals surface area contributed by atoms with Crippen molar-refractivity contribution < 1.29 is 4.79 Å². The molecule has 1 aromatic carbocycles. The second-order valence-corrected chi connectivity index (χ2v) is 5.70. The van der Waals surface area contributed by atoms with E-state index >= 15 is 0 Å². The van der Waals surface area contributed by atoms with E-state index in [-0.39, 0.29) is 23.2 Å². The van der Waals surface area contributed by atoms with Gasteiger partial charge in [0.25, 0.3) is 11.5 Å². The van der Waals surface area contributed by atoms with Crippen molar-refractivity contribution in [1.29, 1.82) is 0 Å². The molecule has 0 spiro atoms. The molecule has 1 heterocycles. The zero-order valence-electron chi connectivity index (χ0n) is 13.3. The Hall–Kier alpha value is -2.14. The number of hydrogen-bond donors (Lipinski definition) is 1. The van der Waals surface area contributed by atoms with Crippen LogP contribution >= 0.6 is 11.6 Å². The summed E-state index contributed by atoms with van der Waals surface area (Å²) in [6, 6.07) is 10.1. The normalized spacial score (nSPS) is 12.0. The fourth-order valence-corrected chi connectivity index (χ4v) is 2.42. The Morgan fingerprint density at radius 3 is 2.52 bits per heavy atom. The van der Waals surface area contributed by atoms with Crippen LogP contribution in [-0.2, 0) is 6.54 Å². The number of benzene rings is 1. The van der Waals surface area contributed by atoms with Crippen LogP contribution in [0.15, 0.2) is 41.2 Å². The van der Waals surface area contributed by atoms with Crippen molar-refractivity contribution in [3.63, 3.8) is 0 Å². The first-order chi connectivity index (χ1) is 11.0. The Balaban J connectivity index is 2.18. The number of carbonyl (C=O) groups is 1. The highest BCUT2D eigenvalue weighted by Gasteiger charge is 2.16. The number of halogens is 1. The summed E-state index contributed by atoms with van der Waals surface area (Å²) in [5.41, 5.74) is 1.02. The van der Waals surface area contributed by atoms with Gasteiger partial charge in [0, 0.05) is 17.6 Å². The molecule has 0 aliphatic rings. The fourth-order valence-electron chi connectivity index (χ4n) is 2.29. The van der Waals surface area contributed by atoms with Crippen LogP contribution in [0.4, 0.5) is 0 Å². The molecule has 0 radical (unpaired) electrons. The maximum Gasteiger partial charge on any atom is 0.272 e. The van der Waals surface area contributed by atoms with Crippen molar-refractivity contribution in [3.8, 4) is 0 Å².